The minimum Gasteiger partial charge on any atom is -0.508 e. The van der Waals surface area contributed by atoms with Crippen molar-refractivity contribution in [2.24, 2.45) is 5.73 Å². The third-order valence-corrected chi connectivity index (χ3v) is 3.02. The first-order valence-corrected chi connectivity index (χ1v) is 5.49. The molecule has 2 rings (SSSR count). The zero-order valence-electron chi connectivity index (χ0n) is 8.69. The van der Waals surface area contributed by atoms with Gasteiger partial charge in [0.15, 0.2) is 0 Å². The van der Waals surface area contributed by atoms with Crippen LogP contribution in [0.5, 0.6) is 5.75 Å². The van der Waals surface area contributed by atoms with Gasteiger partial charge in [0.25, 0.3) is 5.91 Å². The van der Waals surface area contributed by atoms with Gasteiger partial charge in [0.1, 0.15) is 5.75 Å². The molecule has 0 spiro atoms. The molecule has 1 aromatic rings. The summed E-state index contributed by atoms with van der Waals surface area (Å²) >= 11 is 5.92. The lowest BCUT2D eigenvalue weighted by Crippen LogP contribution is -2.32. The third kappa shape index (κ3) is 2.13. The average Bonchev–Trinajstić information content (AvgIpc) is 2.67. The normalized spacial score (nSPS) is 20.1. The van der Waals surface area contributed by atoms with Crippen LogP contribution in [0.4, 0.5) is 0 Å². The first-order valence-electron chi connectivity index (χ1n) is 5.11. The number of likely N-dealkylation sites (tertiary alicyclic amines) is 1. The van der Waals surface area contributed by atoms with Gasteiger partial charge in [0.05, 0.1) is 10.6 Å². The van der Waals surface area contributed by atoms with Crippen molar-refractivity contribution in [3.8, 4) is 5.75 Å². The Morgan fingerprint density at radius 1 is 1.56 bits per heavy atom. The van der Waals surface area contributed by atoms with E-state index in [0.29, 0.717) is 23.7 Å². The molecule has 86 valence electrons. The third-order valence-electron chi connectivity index (χ3n) is 2.69. The van der Waals surface area contributed by atoms with E-state index in [-0.39, 0.29) is 17.7 Å². The molecular formula is C11H13ClN2O2. The fourth-order valence-electron chi connectivity index (χ4n) is 1.82. The number of carbonyl (C=O) groups excluding carboxylic acids is 1. The minimum absolute atomic E-state index is 0.0382. The summed E-state index contributed by atoms with van der Waals surface area (Å²) in [5, 5.41) is 9.68. The molecule has 1 aromatic carbocycles. The Bertz CT molecular complexity index is 422. The quantitative estimate of drug-likeness (QED) is 0.776. The zero-order chi connectivity index (χ0) is 11.7. The van der Waals surface area contributed by atoms with Crippen LogP contribution in [-0.2, 0) is 0 Å². The van der Waals surface area contributed by atoms with Crippen LogP contribution in [0.3, 0.4) is 0 Å². The summed E-state index contributed by atoms with van der Waals surface area (Å²) in [4.78, 5) is 13.7. The molecule has 0 bridgehead atoms. The molecule has 0 saturated carbocycles. The van der Waals surface area contributed by atoms with Crippen LogP contribution in [-0.4, -0.2) is 35.0 Å². The molecule has 1 fully saturated rings. The Kier molecular flexibility index (Phi) is 3.03. The van der Waals surface area contributed by atoms with Gasteiger partial charge in [-0.2, -0.15) is 0 Å². The van der Waals surface area contributed by atoms with E-state index < -0.39 is 0 Å². The molecule has 5 heteroatoms. The second-order valence-electron chi connectivity index (χ2n) is 3.96. The number of carbonyl (C=O) groups is 1. The number of halogens is 1. The molecule has 1 atom stereocenters. The molecule has 16 heavy (non-hydrogen) atoms. The number of aromatic hydroxyl groups is 1. The molecule has 0 aliphatic carbocycles. The molecule has 3 N–H and O–H groups in total. The van der Waals surface area contributed by atoms with Crippen molar-refractivity contribution in [3.05, 3.63) is 28.8 Å². The summed E-state index contributed by atoms with van der Waals surface area (Å²) in [6.45, 7) is 1.19. The second kappa shape index (κ2) is 4.31. The lowest BCUT2D eigenvalue weighted by molar-refractivity contribution is 0.0790. The number of hydrogen-bond donors (Lipinski definition) is 2. The van der Waals surface area contributed by atoms with Crippen LogP contribution in [0.15, 0.2) is 18.2 Å². The van der Waals surface area contributed by atoms with Crippen LogP contribution >= 0.6 is 11.6 Å². The summed E-state index contributed by atoms with van der Waals surface area (Å²) in [6.07, 6.45) is 0.808. The van der Waals surface area contributed by atoms with Gasteiger partial charge in [-0.05, 0) is 24.6 Å². The highest BCUT2D eigenvalue weighted by Crippen LogP contribution is 2.23. The molecule has 1 amide bonds. The highest BCUT2D eigenvalue weighted by Gasteiger charge is 2.25. The van der Waals surface area contributed by atoms with Crippen molar-refractivity contribution in [2.75, 3.05) is 13.1 Å². The van der Waals surface area contributed by atoms with E-state index >= 15 is 0 Å². The van der Waals surface area contributed by atoms with E-state index in [9.17, 15) is 9.90 Å². The molecule has 1 saturated heterocycles. The highest BCUT2D eigenvalue weighted by atomic mass is 35.5. The fraction of sp³-hybridized carbons (Fsp3) is 0.364. The summed E-state index contributed by atoms with van der Waals surface area (Å²) < 4.78 is 0. The number of rotatable bonds is 1. The Balaban J connectivity index is 2.23. The largest absolute Gasteiger partial charge is 0.508 e. The molecule has 0 radical (unpaired) electrons. The zero-order valence-corrected chi connectivity index (χ0v) is 9.44. The Morgan fingerprint density at radius 3 is 2.94 bits per heavy atom. The van der Waals surface area contributed by atoms with Gasteiger partial charge in [-0.15, -0.1) is 0 Å². The Hall–Kier alpha value is -1.26. The van der Waals surface area contributed by atoms with Crippen molar-refractivity contribution in [1.29, 1.82) is 0 Å². The maximum atomic E-state index is 12.0. The van der Waals surface area contributed by atoms with Crippen molar-refractivity contribution < 1.29 is 9.90 Å². The maximum absolute atomic E-state index is 12.0. The first-order chi connectivity index (χ1) is 7.58. The van der Waals surface area contributed by atoms with Crippen molar-refractivity contribution in [1.82, 2.24) is 4.90 Å². The summed E-state index contributed by atoms with van der Waals surface area (Å²) in [5.74, 6) is -0.134. The average molecular weight is 241 g/mol. The van der Waals surface area contributed by atoms with Gasteiger partial charge in [0, 0.05) is 19.1 Å². The second-order valence-corrected chi connectivity index (χ2v) is 4.37. The lowest BCUT2D eigenvalue weighted by Gasteiger charge is -2.16. The van der Waals surface area contributed by atoms with E-state index in [2.05, 4.69) is 0 Å². The summed E-state index contributed by atoms with van der Waals surface area (Å²) in [6, 6.07) is 4.39. The van der Waals surface area contributed by atoms with Crippen LogP contribution in [0.25, 0.3) is 0 Å². The Morgan fingerprint density at radius 2 is 2.31 bits per heavy atom. The van der Waals surface area contributed by atoms with E-state index in [4.69, 9.17) is 17.3 Å². The first kappa shape index (κ1) is 11.2. The standard InChI is InChI=1S/C11H13ClN2O2/c12-10-2-1-8(15)5-9(10)11(16)14-4-3-7(13)6-14/h1-2,5,7,15H,3-4,6,13H2. The minimum atomic E-state index is -0.172. The van der Waals surface area contributed by atoms with Gasteiger partial charge < -0.3 is 15.7 Å². The molecule has 0 aromatic heterocycles. The fourth-order valence-corrected chi connectivity index (χ4v) is 2.02. The van der Waals surface area contributed by atoms with Crippen LogP contribution < -0.4 is 5.73 Å². The van der Waals surface area contributed by atoms with Gasteiger partial charge in [-0.25, -0.2) is 0 Å². The number of phenolic OH excluding ortho intramolecular Hbond substituents is 1. The summed E-state index contributed by atoms with van der Waals surface area (Å²) in [5.41, 5.74) is 6.06. The number of nitrogens with zero attached hydrogens (tertiary/aromatic N) is 1. The van der Waals surface area contributed by atoms with Crippen molar-refractivity contribution in [2.45, 2.75) is 12.5 Å². The molecule has 1 aliphatic rings. The number of amides is 1. The van der Waals surface area contributed by atoms with Gasteiger partial charge >= 0.3 is 0 Å². The smallest absolute Gasteiger partial charge is 0.255 e. The van der Waals surface area contributed by atoms with E-state index in [1.54, 1.807) is 4.90 Å². The van der Waals surface area contributed by atoms with Crippen LogP contribution in [0.1, 0.15) is 16.8 Å². The van der Waals surface area contributed by atoms with Crippen LogP contribution in [0, 0.1) is 0 Å². The Labute approximate surface area is 98.6 Å². The number of hydrogen-bond acceptors (Lipinski definition) is 3. The molecule has 1 unspecified atom stereocenters. The number of phenols is 1. The van der Waals surface area contributed by atoms with E-state index in [0.717, 1.165) is 6.42 Å². The van der Waals surface area contributed by atoms with Gasteiger partial charge in [0.2, 0.25) is 0 Å². The van der Waals surface area contributed by atoms with Gasteiger partial charge in [-0.1, -0.05) is 11.6 Å². The number of nitrogens with two attached hydrogens (primary N) is 1. The summed E-state index contributed by atoms with van der Waals surface area (Å²) in [7, 11) is 0. The van der Waals surface area contributed by atoms with Crippen LogP contribution in [0.2, 0.25) is 5.02 Å². The molecule has 4 nitrogen and oxygen atoms in total. The van der Waals surface area contributed by atoms with E-state index in [1.807, 2.05) is 0 Å². The molecular weight excluding hydrogens is 228 g/mol. The molecule has 1 heterocycles. The topological polar surface area (TPSA) is 66.6 Å². The van der Waals surface area contributed by atoms with Gasteiger partial charge in [-0.3, -0.25) is 4.79 Å². The highest BCUT2D eigenvalue weighted by molar-refractivity contribution is 6.33. The van der Waals surface area contributed by atoms with Crippen molar-refractivity contribution >= 4 is 17.5 Å². The molecule has 1 aliphatic heterocycles. The maximum Gasteiger partial charge on any atom is 0.255 e. The monoisotopic (exact) mass is 240 g/mol. The van der Waals surface area contributed by atoms with Crippen molar-refractivity contribution in [3.63, 3.8) is 0 Å². The number of benzene rings is 1. The van der Waals surface area contributed by atoms with E-state index in [1.165, 1.54) is 18.2 Å². The predicted molar refractivity (Wildman–Crippen MR) is 61.6 cm³/mol. The lowest BCUT2D eigenvalue weighted by atomic mass is 10.2. The SMILES string of the molecule is NC1CCN(C(=O)c2cc(O)ccc2Cl)C1. The predicted octanol–water partition coefficient (Wildman–Crippen LogP) is 1.22.